The highest BCUT2D eigenvalue weighted by molar-refractivity contribution is 7.10. The zero-order valence-electron chi connectivity index (χ0n) is 10.9. The molecule has 0 atom stereocenters. The third-order valence-electron chi connectivity index (χ3n) is 2.95. The number of nitrogens with one attached hydrogen (secondary N) is 1. The van der Waals surface area contributed by atoms with Crippen molar-refractivity contribution < 1.29 is 0 Å². The fourth-order valence-corrected chi connectivity index (χ4v) is 2.63. The lowest BCUT2D eigenvalue weighted by Crippen LogP contribution is -2.23. The monoisotopic (exact) mass is 287 g/mol. The Bertz CT molecular complexity index is 795. The van der Waals surface area contributed by atoms with E-state index in [9.17, 15) is 4.79 Å². The van der Waals surface area contributed by atoms with Crippen LogP contribution in [-0.2, 0) is 6.54 Å². The SMILES string of the molecule is CCNc1snnc1Cn1ncc2ccccc2c1=O. The van der Waals surface area contributed by atoms with Gasteiger partial charge in [0.05, 0.1) is 18.1 Å². The highest BCUT2D eigenvalue weighted by Gasteiger charge is 2.10. The Morgan fingerprint density at radius 3 is 3.05 bits per heavy atom. The molecule has 0 amide bonds. The molecule has 1 N–H and O–H groups in total. The molecule has 0 aliphatic rings. The Kier molecular flexibility index (Phi) is 3.42. The molecule has 0 saturated heterocycles. The van der Waals surface area contributed by atoms with Gasteiger partial charge >= 0.3 is 0 Å². The molecule has 0 unspecified atom stereocenters. The van der Waals surface area contributed by atoms with Crippen molar-refractivity contribution >= 4 is 27.3 Å². The van der Waals surface area contributed by atoms with Crippen LogP contribution in [0.25, 0.3) is 10.8 Å². The molecular weight excluding hydrogens is 274 g/mol. The normalized spacial score (nSPS) is 10.8. The van der Waals surface area contributed by atoms with Crippen molar-refractivity contribution in [3.8, 4) is 0 Å². The third kappa shape index (κ3) is 2.27. The maximum Gasteiger partial charge on any atom is 0.274 e. The smallest absolute Gasteiger partial charge is 0.274 e. The van der Waals surface area contributed by atoms with Gasteiger partial charge in [0, 0.05) is 23.5 Å². The van der Waals surface area contributed by atoms with Crippen molar-refractivity contribution in [3.05, 3.63) is 46.5 Å². The summed E-state index contributed by atoms with van der Waals surface area (Å²) in [5, 5.41) is 13.8. The summed E-state index contributed by atoms with van der Waals surface area (Å²) < 4.78 is 5.33. The number of nitrogens with zero attached hydrogens (tertiary/aromatic N) is 4. The highest BCUT2D eigenvalue weighted by atomic mass is 32.1. The van der Waals surface area contributed by atoms with Crippen molar-refractivity contribution in [2.75, 3.05) is 11.9 Å². The maximum atomic E-state index is 12.4. The minimum absolute atomic E-state index is 0.112. The summed E-state index contributed by atoms with van der Waals surface area (Å²) in [6.07, 6.45) is 1.70. The van der Waals surface area contributed by atoms with Crippen LogP contribution >= 0.6 is 11.5 Å². The molecule has 0 bridgehead atoms. The van der Waals surface area contributed by atoms with Gasteiger partial charge in [0.25, 0.3) is 5.56 Å². The minimum Gasteiger partial charge on any atom is -0.374 e. The van der Waals surface area contributed by atoms with E-state index in [0.29, 0.717) is 11.9 Å². The maximum absolute atomic E-state index is 12.4. The van der Waals surface area contributed by atoms with Gasteiger partial charge in [-0.15, -0.1) is 5.10 Å². The predicted molar refractivity (Wildman–Crippen MR) is 79.2 cm³/mol. The van der Waals surface area contributed by atoms with Crippen LogP contribution in [0, 0.1) is 0 Å². The van der Waals surface area contributed by atoms with Crippen LogP contribution in [0.5, 0.6) is 0 Å². The summed E-state index contributed by atoms with van der Waals surface area (Å²) in [6, 6.07) is 7.42. The highest BCUT2D eigenvalue weighted by Crippen LogP contribution is 2.17. The summed E-state index contributed by atoms with van der Waals surface area (Å²) >= 11 is 1.29. The molecule has 2 heterocycles. The zero-order valence-corrected chi connectivity index (χ0v) is 11.7. The van der Waals surface area contributed by atoms with Crippen LogP contribution in [0.3, 0.4) is 0 Å². The Morgan fingerprint density at radius 2 is 2.20 bits per heavy atom. The van der Waals surface area contributed by atoms with Gasteiger partial charge in [-0.2, -0.15) is 5.10 Å². The average Bonchev–Trinajstić information content (AvgIpc) is 2.90. The Morgan fingerprint density at radius 1 is 1.35 bits per heavy atom. The fourth-order valence-electron chi connectivity index (χ4n) is 1.99. The van der Waals surface area contributed by atoms with E-state index in [-0.39, 0.29) is 5.56 Å². The van der Waals surface area contributed by atoms with Crippen molar-refractivity contribution in [1.82, 2.24) is 19.4 Å². The molecule has 0 fully saturated rings. The minimum atomic E-state index is -0.112. The molecule has 0 aliphatic carbocycles. The van der Waals surface area contributed by atoms with Gasteiger partial charge < -0.3 is 5.32 Å². The summed E-state index contributed by atoms with van der Waals surface area (Å²) in [5.41, 5.74) is 0.625. The molecule has 102 valence electrons. The Hall–Kier alpha value is -2.28. The molecule has 0 aliphatic heterocycles. The molecular formula is C13H13N5OS. The van der Waals surface area contributed by atoms with E-state index >= 15 is 0 Å². The summed E-state index contributed by atoms with van der Waals surface area (Å²) in [5.74, 6) is 0. The molecule has 3 aromatic rings. The van der Waals surface area contributed by atoms with Crippen LogP contribution in [0.1, 0.15) is 12.6 Å². The van der Waals surface area contributed by atoms with Crippen molar-refractivity contribution in [2.24, 2.45) is 0 Å². The lowest BCUT2D eigenvalue weighted by atomic mass is 10.2. The van der Waals surface area contributed by atoms with Gasteiger partial charge in [-0.3, -0.25) is 4.79 Å². The number of hydrogen-bond acceptors (Lipinski definition) is 6. The van der Waals surface area contributed by atoms with Gasteiger partial charge in [-0.25, -0.2) is 4.68 Å². The number of benzene rings is 1. The first kappa shape index (κ1) is 12.7. The van der Waals surface area contributed by atoms with E-state index in [1.807, 2.05) is 25.1 Å². The van der Waals surface area contributed by atoms with Crippen molar-refractivity contribution in [1.29, 1.82) is 0 Å². The quantitative estimate of drug-likeness (QED) is 0.791. The summed E-state index contributed by atoms with van der Waals surface area (Å²) in [7, 11) is 0. The van der Waals surface area contributed by atoms with E-state index < -0.39 is 0 Å². The van der Waals surface area contributed by atoms with Crippen molar-refractivity contribution in [3.63, 3.8) is 0 Å². The summed E-state index contributed by atoms with van der Waals surface area (Å²) in [6.45, 7) is 3.11. The first-order chi connectivity index (χ1) is 9.79. The van der Waals surface area contributed by atoms with Crippen LogP contribution in [-0.4, -0.2) is 25.9 Å². The standard InChI is InChI=1S/C13H13N5OS/c1-2-14-12-11(16-17-20-12)8-18-13(19)10-6-4-3-5-9(10)7-15-18/h3-7,14H,2,8H2,1H3. The number of aromatic nitrogens is 4. The van der Waals surface area contributed by atoms with E-state index in [1.165, 1.54) is 16.2 Å². The van der Waals surface area contributed by atoms with Crippen LogP contribution in [0.4, 0.5) is 5.00 Å². The zero-order chi connectivity index (χ0) is 13.9. The van der Waals surface area contributed by atoms with Gasteiger partial charge in [-0.05, 0) is 13.0 Å². The van der Waals surface area contributed by atoms with E-state index in [4.69, 9.17) is 0 Å². The van der Waals surface area contributed by atoms with E-state index in [0.717, 1.165) is 22.6 Å². The molecule has 6 nitrogen and oxygen atoms in total. The lowest BCUT2D eigenvalue weighted by Gasteiger charge is -2.05. The second-order valence-corrected chi connectivity index (χ2v) is 5.03. The molecule has 2 aromatic heterocycles. The van der Waals surface area contributed by atoms with Crippen LogP contribution in [0.2, 0.25) is 0 Å². The Labute approximate surface area is 119 Å². The lowest BCUT2D eigenvalue weighted by molar-refractivity contribution is 0.635. The fraction of sp³-hybridized carbons (Fsp3) is 0.231. The predicted octanol–water partition coefficient (Wildman–Crippen LogP) is 1.73. The average molecular weight is 287 g/mol. The molecule has 3 rings (SSSR count). The van der Waals surface area contributed by atoms with Gasteiger partial charge in [0.2, 0.25) is 0 Å². The van der Waals surface area contributed by atoms with Crippen LogP contribution in [0.15, 0.2) is 35.3 Å². The molecule has 20 heavy (non-hydrogen) atoms. The molecule has 0 spiro atoms. The second kappa shape index (κ2) is 5.38. The van der Waals surface area contributed by atoms with Gasteiger partial charge in [0.1, 0.15) is 10.7 Å². The van der Waals surface area contributed by atoms with Gasteiger partial charge in [-0.1, -0.05) is 22.7 Å². The topological polar surface area (TPSA) is 72.7 Å². The molecule has 0 radical (unpaired) electrons. The molecule has 0 saturated carbocycles. The van der Waals surface area contributed by atoms with Gasteiger partial charge in [0.15, 0.2) is 0 Å². The third-order valence-corrected chi connectivity index (χ3v) is 3.68. The summed E-state index contributed by atoms with van der Waals surface area (Å²) in [4.78, 5) is 12.4. The largest absolute Gasteiger partial charge is 0.374 e. The van der Waals surface area contributed by atoms with E-state index in [2.05, 4.69) is 20.0 Å². The first-order valence-corrected chi connectivity index (χ1v) is 7.07. The number of hydrogen-bond donors (Lipinski definition) is 1. The van der Waals surface area contributed by atoms with Crippen molar-refractivity contribution in [2.45, 2.75) is 13.5 Å². The van der Waals surface area contributed by atoms with Crippen LogP contribution < -0.4 is 10.9 Å². The molecule has 7 heteroatoms. The first-order valence-electron chi connectivity index (χ1n) is 6.29. The second-order valence-electron chi connectivity index (χ2n) is 4.27. The number of anilines is 1. The Balaban J connectivity index is 2.01. The number of rotatable bonds is 4. The molecule has 1 aromatic carbocycles. The van der Waals surface area contributed by atoms with E-state index in [1.54, 1.807) is 12.3 Å². The number of fused-ring (bicyclic) bond motifs is 1.